The molecule has 0 spiro atoms. The first-order valence-electron chi connectivity index (χ1n) is 5.93. The van der Waals surface area contributed by atoms with Crippen LogP contribution in [0.2, 0.25) is 0 Å². The molecule has 3 nitrogen and oxygen atoms in total. The van der Waals surface area contributed by atoms with Crippen molar-refractivity contribution in [1.29, 1.82) is 0 Å². The maximum atomic E-state index is 11.8. The number of rotatable bonds is 5. The molecule has 0 aliphatic rings. The summed E-state index contributed by atoms with van der Waals surface area (Å²) in [5.41, 5.74) is 7.54. The number of nitrogens with two attached hydrogens (primary N) is 1. The average molecular weight is 260 g/mol. The van der Waals surface area contributed by atoms with Crippen molar-refractivity contribution >= 4 is 22.9 Å². The van der Waals surface area contributed by atoms with Crippen LogP contribution in [0, 0.1) is 0 Å². The zero-order valence-corrected chi connectivity index (χ0v) is 10.9. The highest BCUT2D eigenvalue weighted by Crippen LogP contribution is 2.14. The second-order valence-electron chi connectivity index (χ2n) is 4.02. The number of hydrogen-bond acceptors (Lipinski definition) is 3. The van der Waals surface area contributed by atoms with Crippen LogP contribution in [0.4, 0.5) is 5.69 Å². The number of aryl methyl sites for hydroxylation is 1. The van der Waals surface area contributed by atoms with Gasteiger partial charge in [-0.05, 0) is 48.5 Å². The third kappa shape index (κ3) is 3.42. The lowest BCUT2D eigenvalue weighted by Crippen LogP contribution is -2.09. The average Bonchev–Trinajstić information content (AvgIpc) is 2.92. The molecule has 0 aliphatic carbocycles. The number of amides is 1. The molecule has 3 N–H and O–H groups in total. The van der Waals surface area contributed by atoms with Crippen molar-refractivity contribution in [2.45, 2.75) is 12.8 Å². The topological polar surface area (TPSA) is 55.1 Å². The molecule has 0 atom stereocenters. The first-order valence-corrected chi connectivity index (χ1v) is 6.81. The molecule has 0 saturated heterocycles. The Balaban J connectivity index is 1.96. The summed E-state index contributed by atoms with van der Waals surface area (Å²) in [6.07, 6.45) is 1.97. The Morgan fingerprint density at radius 1 is 1.22 bits per heavy atom. The third-order valence-corrected chi connectivity index (χ3v) is 3.49. The van der Waals surface area contributed by atoms with Crippen LogP contribution in [-0.2, 0) is 6.42 Å². The second kappa shape index (κ2) is 6.33. The van der Waals surface area contributed by atoms with Gasteiger partial charge in [0.25, 0.3) is 5.91 Å². The van der Waals surface area contributed by atoms with Gasteiger partial charge in [-0.25, -0.2) is 0 Å². The van der Waals surface area contributed by atoms with E-state index in [0.717, 1.165) is 23.4 Å². The minimum Gasteiger partial charge on any atom is -0.330 e. The Bertz CT molecular complexity index is 491. The molecule has 1 heterocycles. The number of anilines is 1. The largest absolute Gasteiger partial charge is 0.330 e. The maximum Gasteiger partial charge on any atom is 0.265 e. The van der Waals surface area contributed by atoms with E-state index in [1.165, 1.54) is 16.9 Å². The van der Waals surface area contributed by atoms with Gasteiger partial charge in [0.05, 0.1) is 4.88 Å². The molecule has 0 saturated carbocycles. The van der Waals surface area contributed by atoms with E-state index >= 15 is 0 Å². The summed E-state index contributed by atoms with van der Waals surface area (Å²) in [4.78, 5) is 12.5. The summed E-state index contributed by atoms with van der Waals surface area (Å²) in [6.45, 7) is 0.705. The van der Waals surface area contributed by atoms with Crippen LogP contribution in [0.1, 0.15) is 21.7 Å². The monoisotopic (exact) mass is 260 g/mol. The lowest BCUT2D eigenvalue weighted by Gasteiger charge is -2.05. The lowest BCUT2D eigenvalue weighted by atomic mass is 10.1. The van der Waals surface area contributed by atoms with Gasteiger partial charge in [0, 0.05) is 5.69 Å². The minimum atomic E-state index is -0.0558. The van der Waals surface area contributed by atoms with Gasteiger partial charge < -0.3 is 11.1 Å². The fourth-order valence-corrected chi connectivity index (χ4v) is 2.28. The molecule has 0 unspecified atom stereocenters. The normalized spacial score (nSPS) is 10.3. The van der Waals surface area contributed by atoms with Crippen LogP contribution >= 0.6 is 11.3 Å². The predicted octanol–water partition coefficient (Wildman–Crippen LogP) is 2.89. The van der Waals surface area contributed by atoms with Crippen molar-refractivity contribution in [2.75, 3.05) is 11.9 Å². The maximum absolute atomic E-state index is 11.8. The number of benzene rings is 1. The molecule has 0 aliphatic heterocycles. The van der Waals surface area contributed by atoms with E-state index in [1.807, 2.05) is 41.8 Å². The summed E-state index contributed by atoms with van der Waals surface area (Å²) in [5, 5.41) is 4.77. The Labute approximate surface area is 111 Å². The smallest absolute Gasteiger partial charge is 0.265 e. The van der Waals surface area contributed by atoms with Crippen molar-refractivity contribution in [3.05, 3.63) is 52.2 Å². The van der Waals surface area contributed by atoms with E-state index in [4.69, 9.17) is 5.73 Å². The van der Waals surface area contributed by atoms with Crippen molar-refractivity contribution in [1.82, 2.24) is 0 Å². The van der Waals surface area contributed by atoms with Crippen LogP contribution in [-0.4, -0.2) is 12.5 Å². The molecule has 1 aromatic heterocycles. The molecule has 1 amide bonds. The van der Waals surface area contributed by atoms with Gasteiger partial charge in [-0.3, -0.25) is 4.79 Å². The molecule has 0 radical (unpaired) electrons. The Hall–Kier alpha value is -1.65. The van der Waals surface area contributed by atoms with Gasteiger partial charge in [-0.15, -0.1) is 11.3 Å². The number of hydrogen-bond donors (Lipinski definition) is 2. The quantitative estimate of drug-likeness (QED) is 0.868. The first kappa shape index (κ1) is 12.8. The summed E-state index contributed by atoms with van der Waals surface area (Å²) in [6, 6.07) is 11.6. The Morgan fingerprint density at radius 3 is 2.61 bits per heavy atom. The van der Waals surface area contributed by atoms with E-state index in [1.54, 1.807) is 0 Å². The summed E-state index contributed by atoms with van der Waals surface area (Å²) in [7, 11) is 0. The van der Waals surface area contributed by atoms with Crippen molar-refractivity contribution in [3.8, 4) is 0 Å². The molecule has 2 aromatic rings. The SMILES string of the molecule is NCCCc1ccc(NC(=O)c2cccs2)cc1. The number of nitrogens with one attached hydrogen (secondary N) is 1. The Morgan fingerprint density at radius 2 is 2.00 bits per heavy atom. The molecule has 94 valence electrons. The Kier molecular flexibility index (Phi) is 4.50. The fraction of sp³-hybridized carbons (Fsp3) is 0.214. The van der Waals surface area contributed by atoms with E-state index in [-0.39, 0.29) is 5.91 Å². The molecule has 4 heteroatoms. The highest BCUT2D eigenvalue weighted by atomic mass is 32.1. The van der Waals surface area contributed by atoms with Crippen LogP contribution in [0.15, 0.2) is 41.8 Å². The van der Waals surface area contributed by atoms with E-state index in [0.29, 0.717) is 6.54 Å². The lowest BCUT2D eigenvalue weighted by molar-refractivity contribution is 0.103. The first-order chi connectivity index (χ1) is 8.79. The van der Waals surface area contributed by atoms with E-state index < -0.39 is 0 Å². The van der Waals surface area contributed by atoms with Gasteiger partial charge >= 0.3 is 0 Å². The van der Waals surface area contributed by atoms with Crippen LogP contribution < -0.4 is 11.1 Å². The van der Waals surface area contributed by atoms with E-state index in [9.17, 15) is 4.79 Å². The second-order valence-corrected chi connectivity index (χ2v) is 4.97. The molecule has 18 heavy (non-hydrogen) atoms. The summed E-state index contributed by atoms with van der Waals surface area (Å²) < 4.78 is 0. The molecule has 2 rings (SSSR count). The zero-order chi connectivity index (χ0) is 12.8. The standard InChI is InChI=1S/C14H16N2OS/c15-9-1-3-11-5-7-12(8-6-11)16-14(17)13-4-2-10-18-13/h2,4-8,10H,1,3,9,15H2,(H,16,17). The van der Waals surface area contributed by atoms with Gasteiger partial charge in [-0.2, -0.15) is 0 Å². The minimum absolute atomic E-state index is 0.0558. The fourth-order valence-electron chi connectivity index (χ4n) is 1.66. The highest BCUT2D eigenvalue weighted by molar-refractivity contribution is 7.12. The van der Waals surface area contributed by atoms with Crippen LogP contribution in [0.3, 0.4) is 0 Å². The van der Waals surface area contributed by atoms with Gasteiger partial charge in [-0.1, -0.05) is 18.2 Å². The molecular formula is C14H16N2OS. The number of carbonyl (C=O) groups excluding carboxylic acids is 1. The van der Waals surface area contributed by atoms with Crippen molar-refractivity contribution in [3.63, 3.8) is 0 Å². The molecule has 0 bridgehead atoms. The van der Waals surface area contributed by atoms with Gasteiger partial charge in [0.15, 0.2) is 0 Å². The predicted molar refractivity (Wildman–Crippen MR) is 76.1 cm³/mol. The highest BCUT2D eigenvalue weighted by Gasteiger charge is 2.06. The van der Waals surface area contributed by atoms with Gasteiger partial charge in [0.1, 0.15) is 0 Å². The van der Waals surface area contributed by atoms with Crippen LogP contribution in [0.25, 0.3) is 0 Å². The van der Waals surface area contributed by atoms with Crippen molar-refractivity contribution in [2.24, 2.45) is 5.73 Å². The van der Waals surface area contributed by atoms with Crippen LogP contribution in [0.5, 0.6) is 0 Å². The molecule has 0 fully saturated rings. The third-order valence-electron chi connectivity index (χ3n) is 2.63. The molecule has 1 aromatic carbocycles. The number of thiophene rings is 1. The van der Waals surface area contributed by atoms with E-state index in [2.05, 4.69) is 5.32 Å². The van der Waals surface area contributed by atoms with Gasteiger partial charge in [0.2, 0.25) is 0 Å². The summed E-state index contributed by atoms with van der Waals surface area (Å²) in [5.74, 6) is -0.0558. The van der Waals surface area contributed by atoms with Crippen molar-refractivity contribution < 1.29 is 4.79 Å². The molecular weight excluding hydrogens is 244 g/mol. The zero-order valence-electron chi connectivity index (χ0n) is 10.1. The summed E-state index contributed by atoms with van der Waals surface area (Å²) >= 11 is 1.44. The number of carbonyl (C=O) groups is 1.